The highest BCUT2D eigenvalue weighted by Crippen LogP contribution is 2.43. The van der Waals surface area contributed by atoms with Gasteiger partial charge in [0.15, 0.2) is 5.78 Å². The minimum atomic E-state index is -0.797. The Labute approximate surface area is 148 Å². The molecule has 3 nitrogen and oxygen atoms in total. The first-order valence-corrected chi connectivity index (χ1v) is 8.99. The van der Waals surface area contributed by atoms with Gasteiger partial charge in [-0.25, -0.2) is 0 Å². The van der Waals surface area contributed by atoms with Crippen molar-refractivity contribution in [3.63, 3.8) is 0 Å². The van der Waals surface area contributed by atoms with Crippen LogP contribution in [0.2, 0.25) is 0 Å². The molecule has 3 rings (SSSR count). The molecule has 1 aliphatic rings. The van der Waals surface area contributed by atoms with E-state index in [2.05, 4.69) is 0 Å². The zero-order valence-electron chi connectivity index (χ0n) is 14.4. The molecule has 1 N–H and O–H groups in total. The lowest BCUT2D eigenvalue weighted by Crippen LogP contribution is -2.30. The van der Waals surface area contributed by atoms with Crippen molar-refractivity contribution in [1.82, 2.24) is 0 Å². The molecule has 3 heteroatoms. The molecule has 1 fully saturated rings. The lowest BCUT2D eigenvalue weighted by atomic mass is 9.68. The van der Waals surface area contributed by atoms with E-state index in [9.17, 15) is 14.7 Å². The Hall–Kier alpha value is -2.42. The van der Waals surface area contributed by atoms with Crippen LogP contribution in [0.3, 0.4) is 0 Å². The third-order valence-corrected chi connectivity index (χ3v) is 5.29. The van der Waals surface area contributed by atoms with E-state index in [0.29, 0.717) is 12.0 Å². The summed E-state index contributed by atoms with van der Waals surface area (Å²) in [6.07, 6.45) is 5.30. The number of hydrogen-bond donors (Lipinski definition) is 1. The largest absolute Gasteiger partial charge is 0.481 e. The molecule has 0 heterocycles. The number of hydrogen-bond acceptors (Lipinski definition) is 2. The normalized spacial score (nSPS) is 16.3. The third kappa shape index (κ3) is 4.36. The Kier molecular flexibility index (Phi) is 5.32. The standard InChI is InChI=1S/C22H24O3/c23-20(15-22(16-21(24)25)13-5-2-6-14-22)19-11-9-18(10-12-19)17-7-3-1-4-8-17/h1,3-4,7-12H,2,5-6,13-16H2,(H,24,25). The number of Topliss-reactive ketones (excluding diaryl/α,β-unsaturated/α-hetero) is 1. The first kappa shape index (κ1) is 17.4. The summed E-state index contributed by atoms with van der Waals surface area (Å²) in [7, 11) is 0. The summed E-state index contributed by atoms with van der Waals surface area (Å²) in [5.74, 6) is -0.739. The van der Waals surface area contributed by atoms with E-state index in [1.165, 1.54) is 0 Å². The monoisotopic (exact) mass is 336 g/mol. The van der Waals surface area contributed by atoms with Crippen LogP contribution in [0.15, 0.2) is 54.6 Å². The van der Waals surface area contributed by atoms with Crippen molar-refractivity contribution in [1.29, 1.82) is 0 Å². The van der Waals surface area contributed by atoms with Gasteiger partial charge in [-0.1, -0.05) is 73.9 Å². The summed E-state index contributed by atoms with van der Waals surface area (Å²) in [6, 6.07) is 17.7. The molecule has 130 valence electrons. The molecular weight excluding hydrogens is 312 g/mol. The van der Waals surface area contributed by atoms with E-state index in [0.717, 1.165) is 43.2 Å². The van der Waals surface area contributed by atoms with Gasteiger partial charge in [0.05, 0.1) is 6.42 Å². The van der Waals surface area contributed by atoms with Crippen LogP contribution in [0.1, 0.15) is 55.3 Å². The molecule has 0 spiro atoms. The van der Waals surface area contributed by atoms with Crippen LogP contribution in [-0.2, 0) is 4.79 Å². The van der Waals surface area contributed by atoms with Gasteiger partial charge in [-0.15, -0.1) is 0 Å². The Bertz CT molecular complexity index is 726. The topological polar surface area (TPSA) is 54.4 Å². The zero-order chi connectivity index (χ0) is 17.7. The zero-order valence-corrected chi connectivity index (χ0v) is 14.4. The van der Waals surface area contributed by atoms with Crippen molar-refractivity contribution in [2.24, 2.45) is 5.41 Å². The Morgan fingerprint density at radius 3 is 2.00 bits per heavy atom. The highest BCUT2D eigenvalue weighted by molar-refractivity contribution is 5.97. The number of aliphatic carboxylic acids is 1. The second-order valence-corrected chi connectivity index (χ2v) is 7.17. The predicted octanol–water partition coefficient (Wildman–Crippen LogP) is 5.35. The summed E-state index contributed by atoms with van der Waals surface area (Å²) in [5.41, 5.74) is 2.51. The fourth-order valence-electron chi connectivity index (χ4n) is 3.96. The molecule has 0 aliphatic heterocycles. The van der Waals surface area contributed by atoms with Gasteiger partial charge in [-0.05, 0) is 29.4 Å². The molecule has 1 saturated carbocycles. The molecule has 0 unspecified atom stereocenters. The highest BCUT2D eigenvalue weighted by Gasteiger charge is 2.36. The second-order valence-electron chi connectivity index (χ2n) is 7.17. The van der Waals surface area contributed by atoms with E-state index in [4.69, 9.17) is 0 Å². The van der Waals surface area contributed by atoms with Crippen molar-refractivity contribution in [2.75, 3.05) is 0 Å². The van der Waals surface area contributed by atoms with Gasteiger partial charge >= 0.3 is 5.97 Å². The van der Waals surface area contributed by atoms with Gasteiger partial charge in [0, 0.05) is 12.0 Å². The van der Waals surface area contributed by atoms with Crippen LogP contribution < -0.4 is 0 Å². The van der Waals surface area contributed by atoms with Gasteiger partial charge in [-0.3, -0.25) is 9.59 Å². The highest BCUT2D eigenvalue weighted by atomic mass is 16.4. The smallest absolute Gasteiger partial charge is 0.303 e. The van der Waals surface area contributed by atoms with Crippen LogP contribution in [0.5, 0.6) is 0 Å². The summed E-state index contributed by atoms with van der Waals surface area (Å²) in [5, 5.41) is 9.27. The van der Waals surface area contributed by atoms with Crippen LogP contribution in [0, 0.1) is 5.41 Å². The van der Waals surface area contributed by atoms with Gasteiger partial charge in [0.25, 0.3) is 0 Å². The quantitative estimate of drug-likeness (QED) is 0.723. The van der Waals surface area contributed by atoms with E-state index in [-0.39, 0.29) is 17.6 Å². The first-order valence-electron chi connectivity index (χ1n) is 8.99. The second kappa shape index (κ2) is 7.64. The number of carbonyl (C=O) groups excluding carboxylic acids is 1. The lowest BCUT2D eigenvalue weighted by Gasteiger charge is -2.35. The summed E-state index contributed by atoms with van der Waals surface area (Å²) in [4.78, 5) is 24.0. The third-order valence-electron chi connectivity index (χ3n) is 5.29. The maximum atomic E-state index is 12.8. The van der Waals surface area contributed by atoms with Crippen molar-refractivity contribution in [3.05, 3.63) is 60.2 Å². The first-order chi connectivity index (χ1) is 12.1. The molecule has 0 radical (unpaired) electrons. The van der Waals surface area contributed by atoms with E-state index in [1.54, 1.807) is 0 Å². The minimum Gasteiger partial charge on any atom is -0.481 e. The summed E-state index contributed by atoms with van der Waals surface area (Å²) >= 11 is 0. The van der Waals surface area contributed by atoms with Crippen LogP contribution in [0.4, 0.5) is 0 Å². The van der Waals surface area contributed by atoms with Crippen molar-refractivity contribution in [3.8, 4) is 11.1 Å². The maximum absolute atomic E-state index is 12.8. The molecule has 25 heavy (non-hydrogen) atoms. The van der Waals surface area contributed by atoms with Gasteiger partial charge in [-0.2, -0.15) is 0 Å². The molecular formula is C22H24O3. The molecule has 0 bridgehead atoms. The number of rotatable bonds is 6. The molecule has 0 saturated heterocycles. The number of carbonyl (C=O) groups is 2. The van der Waals surface area contributed by atoms with Crippen LogP contribution >= 0.6 is 0 Å². The van der Waals surface area contributed by atoms with Crippen molar-refractivity contribution >= 4 is 11.8 Å². The average Bonchev–Trinajstić information content (AvgIpc) is 2.62. The van der Waals surface area contributed by atoms with Crippen LogP contribution in [0.25, 0.3) is 11.1 Å². The average molecular weight is 336 g/mol. The van der Waals surface area contributed by atoms with Gasteiger partial charge < -0.3 is 5.11 Å². The molecule has 1 aliphatic carbocycles. The fourth-order valence-corrected chi connectivity index (χ4v) is 3.96. The van der Waals surface area contributed by atoms with Crippen molar-refractivity contribution < 1.29 is 14.7 Å². The van der Waals surface area contributed by atoms with Crippen LogP contribution in [-0.4, -0.2) is 16.9 Å². The summed E-state index contributed by atoms with van der Waals surface area (Å²) in [6.45, 7) is 0. The molecule has 2 aromatic rings. The number of carboxylic acids is 1. The van der Waals surface area contributed by atoms with E-state index >= 15 is 0 Å². The molecule has 0 aromatic heterocycles. The van der Waals surface area contributed by atoms with Gasteiger partial charge in [0.2, 0.25) is 0 Å². The number of ketones is 1. The molecule has 2 aromatic carbocycles. The van der Waals surface area contributed by atoms with Crippen molar-refractivity contribution in [2.45, 2.75) is 44.9 Å². The number of benzene rings is 2. The summed E-state index contributed by atoms with van der Waals surface area (Å²) < 4.78 is 0. The Morgan fingerprint density at radius 1 is 0.800 bits per heavy atom. The lowest BCUT2D eigenvalue weighted by molar-refractivity contribution is -0.140. The predicted molar refractivity (Wildman–Crippen MR) is 98.6 cm³/mol. The van der Waals surface area contributed by atoms with E-state index in [1.807, 2.05) is 54.6 Å². The maximum Gasteiger partial charge on any atom is 0.303 e. The Balaban J connectivity index is 1.74. The fraction of sp³-hybridized carbons (Fsp3) is 0.364. The van der Waals surface area contributed by atoms with Gasteiger partial charge in [0.1, 0.15) is 0 Å². The minimum absolute atomic E-state index is 0.0581. The molecule has 0 atom stereocenters. The van der Waals surface area contributed by atoms with E-state index < -0.39 is 5.97 Å². The Morgan fingerprint density at radius 2 is 1.40 bits per heavy atom. The molecule has 0 amide bonds. The SMILES string of the molecule is O=C(O)CC1(CC(=O)c2ccc(-c3ccccc3)cc2)CCCCC1. The number of carboxylic acid groups (broad SMARTS) is 1.